The molecule has 0 aliphatic rings. The minimum absolute atomic E-state index is 0.224. The fraction of sp³-hybridized carbons (Fsp3) is 0.250. The van der Waals surface area contributed by atoms with Gasteiger partial charge in [0.05, 0.1) is 11.5 Å². The monoisotopic (exact) mass is 339 g/mol. The van der Waals surface area contributed by atoms with Gasteiger partial charge in [0.2, 0.25) is 10.0 Å². The van der Waals surface area contributed by atoms with Crippen LogP contribution in [0.5, 0.6) is 5.75 Å². The zero-order chi connectivity index (χ0) is 16.0. The number of ether oxygens (including phenoxy) is 1. The van der Waals surface area contributed by atoms with Gasteiger partial charge in [-0.25, -0.2) is 13.1 Å². The summed E-state index contributed by atoms with van der Waals surface area (Å²) in [5.41, 5.74) is 0.988. The lowest BCUT2D eigenvalue weighted by Gasteiger charge is -2.08. The number of benzene rings is 2. The van der Waals surface area contributed by atoms with Gasteiger partial charge in [0.15, 0.2) is 0 Å². The molecule has 0 amide bonds. The largest absolute Gasteiger partial charge is 0.494 e. The summed E-state index contributed by atoms with van der Waals surface area (Å²) in [6, 6.07) is 13.7. The predicted molar refractivity (Wildman–Crippen MR) is 88.0 cm³/mol. The second kappa shape index (κ2) is 7.63. The van der Waals surface area contributed by atoms with Gasteiger partial charge < -0.3 is 4.74 Å². The van der Waals surface area contributed by atoms with Crippen LogP contribution < -0.4 is 9.46 Å². The number of nitrogens with one attached hydrogen (secondary N) is 1. The quantitative estimate of drug-likeness (QED) is 0.842. The third-order valence-electron chi connectivity index (χ3n) is 3.04. The molecule has 0 unspecified atom stereocenters. The Bertz CT molecular complexity index is 714. The summed E-state index contributed by atoms with van der Waals surface area (Å²) >= 11 is 5.90. The van der Waals surface area contributed by atoms with Crippen LogP contribution >= 0.6 is 11.6 Å². The summed E-state index contributed by atoms with van der Waals surface area (Å²) in [4.78, 5) is 0.224. The topological polar surface area (TPSA) is 55.4 Å². The molecule has 4 nitrogen and oxygen atoms in total. The molecule has 0 aliphatic carbocycles. The molecule has 118 valence electrons. The van der Waals surface area contributed by atoms with Crippen LogP contribution in [0.4, 0.5) is 0 Å². The molecule has 0 aromatic heterocycles. The molecule has 2 aromatic carbocycles. The summed E-state index contributed by atoms with van der Waals surface area (Å²) in [6.45, 7) is 2.74. The first kappa shape index (κ1) is 16.8. The van der Waals surface area contributed by atoms with Crippen LogP contribution in [-0.4, -0.2) is 21.6 Å². The summed E-state index contributed by atoms with van der Waals surface area (Å²) in [5, 5.41) is 0.645. The first-order chi connectivity index (χ1) is 10.5. The Labute approximate surface area is 136 Å². The van der Waals surface area contributed by atoms with E-state index in [1.165, 1.54) is 12.1 Å². The van der Waals surface area contributed by atoms with Crippen molar-refractivity contribution in [3.63, 3.8) is 0 Å². The van der Waals surface area contributed by atoms with E-state index in [9.17, 15) is 8.42 Å². The van der Waals surface area contributed by atoms with Crippen molar-refractivity contribution < 1.29 is 13.2 Å². The van der Waals surface area contributed by atoms with Gasteiger partial charge in [-0.3, -0.25) is 0 Å². The average Bonchev–Trinajstić information content (AvgIpc) is 2.48. The molecular weight excluding hydrogens is 322 g/mol. The zero-order valence-corrected chi connectivity index (χ0v) is 13.8. The second-order valence-corrected chi connectivity index (χ2v) is 6.89. The highest BCUT2D eigenvalue weighted by molar-refractivity contribution is 7.89. The van der Waals surface area contributed by atoms with E-state index in [0.29, 0.717) is 30.3 Å². The standard InChI is InChI=1S/C16H18ClNO3S/c1-2-21-15-6-8-16(9-7-15)22(19,20)18-11-10-13-4-3-5-14(17)12-13/h3-9,12,18H,2,10-11H2,1H3. The Morgan fingerprint density at radius 1 is 1.14 bits per heavy atom. The van der Waals surface area contributed by atoms with Crippen molar-refractivity contribution in [1.29, 1.82) is 0 Å². The number of rotatable bonds is 7. The van der Waals surface area contributed by atoms with Crippen molar-refractivity contribution >= 4 is 21.6 Å². The summed E-state index contributed by atoms with van der Waals surface area (Å²) in [5.74, 6) is 0.653. The van der Waals surface area contributed by atoms with Gasteiger partial charge in [0.1, 0.15) is 5.75 Å². The molecule has 2 rings (SSSR count). The Morgan fingerprint density at radius 3 is 2.50 bits per heavy atom. The summed E-state index contributed by atoms with van der Waals surface area (Å²) in [7, 11) is -3.51. The minimum Gasteiger partial charge on any atom is -0.494 e. The molecule has 1 N–H and O–H groups in total. The fourth-order valence-electron chi connectivity index (χ4n) is 1.99. The van der Waals surface area contributed by atoms with Gasteiger partial charge >= 0.3 is 0 Å². The van der Waals surface area contributed by atoms with Gasteiger partial charge in [-0.2, -0.15) is 0 Å². The molecule has 0 radical (unpaired) electrons. The first-order valence-corrected chi connectivity index (χ1v) is 8.84. The second-order valence-electron chi connectivity index (χ2n) is 4.68. The third kappa shape index (κ3) is 4.73. The molecule has 0 heterocycles. The highest BCUT2D eigenvalue weighted by Crippen LogP contribution is 2.16. The van der Waals surface area contributed by atoms with E-state index in [0.717, 1.165) is 5.56 Å². The van der Waals surface area contributed by atoms with Crippen LogP contribution in [-0.2, 0) is 16.4 Å². The number of sulfonamides is 1. The molecule has 0 spiro atoms. The van der Waals surface area contributed by atoms with Crippen molar-refractivity contribution in [3.05, 3.63) is 59.1 Å². The van der Waals surface area contributed by atoms with E-state index in [4.69, 9.17) is 16.3 Å². The number of hydrogen-bond acceptors (Lipinski definition) is 3. The van der Waals surface area contributed by atoms with Crippen LogP contribution in [0.2, 0.25) is 5.02 Å². The maximum absolute atomic E-state index is 12.2. The van der Waals surface area contributed by atoms with Crippen LogP contribution in [0.25, 0.3) is 0 Å². The zero-order valence-electron chi connectivity index (χ0n) is 12.3. The summed E-state index contributed by atoms with van der Waals surface area (Å²) < 4.78 is 32.2. The lowest BCUT2D eigenvalue weighted by Crippen LogP contribution is -2.25. The molecule has 0 fully saturated rings. The van der Waals surface area contributed by atoms with E-state index >= 15 is 0 Å². The van der Waals surface area contributed by atoms with Gasteiger partial charge in [-0.05, 0) is 55.3 Å². The van der Waals surface area contributed by atoms with Crippen LogP contribution in [0, 0.1) is 0 Å². The van der Waals surface area contributed by atoms with E-state index in [1.54, 1.807) is 18.2 Å². The van der Waals surface area contributed by atoms with Crippen LogP contribution in [0.15, 0.2) is 53.4 Å². The molecule has 6 heteroatoms. The van der Waals surface area contributed by atoms with Crippen molar-refractivity contribution in [3.8, 4) is 5.75 Å². The highest BCUT2D eigenvalue weighted by atomic mass is 35.5. The molecule has 22 heavy (non-hydrogen) atoms. The van der Waals surface area contributed by atoms with Crippen molar-refractivity contribution in [2.24, 2.45) is 0 Å². The molecule has 0 bridgehead atoms. The van der Waals surface area contributed by atoms with Crippen LogP contribution in [0.3, 0.4) is 0 Å². The summed E-state index contributed by atoms with van der Waals surface area (Å²) in [6.07, 6.45) is 0.580. The third-order valence-corrected chi connectivity index (χ3v) is 4.75. The minimum atomic E-state index is -3.51. The van der Waals surface area contributed by atoms with Crippen molar-refractivity contribution in [2.75, 3.05) is 13.2 Å². The van der Waals surface area contributed by atoms with Gasteiger partial charge in [-0.1, -0.05) is 23.7 Å². The Hall–Kier alpha value is -1.56. The molecule has 0 atom stereocenters. The normalized spacial score (nSPS) is 11.4. The van der Waals surface area contributed by atoms with E-state index < -0.39 is 10.0 Å². The number of halogens is 1. The Kier molecular flexibility index (Phi) is 5.83. The SMILES string of the molecule is CCOc1ccc(S(=O)(=O)NCCc2cccc(Cl)c2)cc1. The van der Waals surface area contributed by atoms with Gasteiger partial charge in [0.25, 0.3) is 0 Å². The molecular formula is C16H18ClNO3S. The highest BCUT2D eigenvalue weighted by Gasteiger charge is 2.13. The fourth-order valence-corrected chi connectivity index (χ4v) is 3.23. The average molecular weight is 340 g/mol. The number of hydrogen-bond donors (Lipinski definition) is 1. The Balaban J connectivity index is 1.96. The Morgan fingerprint density at radius 2 is 1.86 bits per heavy atom. The van der Waals surface area contributed by atoms with E-state index in [2.05, 4.69) is 4.72 Å². The lowest BCUT2D eigenvalue weighted by molar-refractivity contribution is 0.340. The van der Waals surface area contributed by atoms with E-state index in [1.807, 2.05) is 25.1 Å². The van der Waals surface area contributed by atoms with Crippen molar-refractivity contribution in [1.82, 2.24) is 4.72 Å². The smallest absolute Gasteiger partial charge is 0.240 e. The maximum atomic E-state index is 12.2. The predicted octanol–water partition coefficient (Wildman–Crippen LogP) is 3.26. The van der Waals surface area contributed by atoms with Gasteiger partial charge in [0, 0.05) is 11.6 Å². The maximum Gasteiger partial charge on any atom is 0.240 e. The molecule has 0 saturated carbocycles. The molecule has 2 aromatic rings. The van der Waals surface area contributed by atoms with E-state index in [-0.39, 0.29) is 4.90 Å². The lowest BCUT2D eigenvalue weighted by atomic mass is 10.2. The van der Waals surface area contributed by atoms with Crippen LogP contribution in [0.1, 0.15) is 12.5 Å². The van der Waals surface area contributed by atoms with Crippen molar-refractivity contribution in [2.45, 2.75) is 18.2 Å². The molecule has 0 saturated heterocycles. The molecule has 0 aliphatic heterocycles. The first-order valence-electron chi connectivity index (χ1n) is 6.98. The van der Waals surface area contributed by atoms with Gasteiger partial charge in [-0.15, -0.1) is 0 Å².